The summed E-state index contributed by atoms with van der Waals surface area (Å²) >= 11 is 0. The summed E-state index contributed by atoms with van der Waals surface area (Å²) in [4.78, 5) is 31.3. The van der Waals surface area contributed by atoms with Crippen LogP contribution >= 0.6 is 0 Å². The molecule has 0 saturated heterocycles. The van der Waals surface area contributed by atoms with E-state index in [2.05, 4.69) is 0 Å². The number of hydrogen-bond donors (Lipinski definition) is 0. The molecule has 0 radical (unpaired) electrons. The fourth-order valence-corrected chi connectivity index (χ4v) is 1.75. The van der Waals surface area contributed by atoms with Crippen molar-refractivity contribution in [1.29, 1.82) is 0 Å². The van der Waals surface area contributed by atoms with Crippen LogP contribution in [0.1, 0.15) is 12.8 Å². The first-order valence-corrected chi connectivity index (χ1v) is 4.06. The van der Waals surface area contributed by atoms with Crippen LogP contribution in [0, 0.1) is 17.8 Å². The van der Waals surface area contributed by atoms with Crippen LogP contribution in [0.4, 0.5) is 0 Å². The normalized spacial score (nSPS) is 25.8. The minimum absolute atomic E-state index is 0. The van der Waals surface area contributed by atoms with Crippen LogP contribution in [0.5, 0.6) is 0 Å². The van der Waals surface area contributed by atoms with Crippen molar-refractivity contribution in [3.05, 3.63) is 0 Å². The van der Waals surface area contributed by atoms with Crippen LogP contribution in [0.25, 0.3) is 0 Å². The fraction of sp³-hybridized carbons (Fsp3) is 0.625. The maximum Gasteiger partial charge on any atom is 1.00 e. The van der Waals surface area contributed by atoms with Crippen molar-refractivity contribution in [2.24, 2.45) is 17.8 Å². The first kappa shape index (κ1) is 23.5. The zero-order valence-corrected chi connectivity index (χ0v) is 16.1. The minimum Gasteiger partial charge on any atom is -0.550 e. The Balaban J connectivity index is -0.000000653. The summed E-state index contributed by atoms with van der Waals surface area (Å²) in [5.41, 5.74) is 0. The smallest absolute Gasteiger partial charge is 0.550 e. The van der Waals surface area contributed by atoms with E-state index in [1.165, 1.54) is 0 Å². The Hall–Kier alpha value is 1.41. The molecule has 6 nitrogen and oxygen atoms in total. The van der Waals surface area contributed by atoms with Gasteiger partial charge < -0.3 is 29.7 Å². The van der Waals surface area contributed by atoms with Gasteiger partial charge in [0.15, 0.2) is 0 Å². The molecule has 1 aliphatic carbocycles. The summed E-state index contributed by atoms with van der Waals surface area (Å²) in [5, 5.41) is 31.3. The molecule has 0 aliphatic heterocycles. The number of aliphatic carboxylic acids is 3. The molecule has 0 spiro atoms. The van der Waals surface area contributed by atoms with Crippen molar-refractivity contribution in [2.45, 2.75) is 12.8 Å². The monoisotopic (exact) mass is 268 g/mol. The van der Waals surface area contributed by atoms with Gasteiger partial charge in [0, 0.05) is 29.7 Å². The Labute approximate surface area is 164 Å². The molecule has 0 aromatic heterocycles. The first-order valence-electron chi connectivity index (χ1n) is 4.06. The quantitative estimate of drug-likeness (QED) is 0.468. The second-order valence-corrected chi connectivity index (χ2v) is 3.34. The molecule has 2 unspecified atom stereocenters. The summed E-state index contributed by atoms with van der Waals surface area (Å²) in [5.74, 6) is -8.16. The van der Waals surface area contributed by atoms with E-state index in [1.807, 2.05) is 0 Å². The van der Waals surface area contributed by atoms with Crippen molar-refractivity contribution in [3.8, 4) is 0 Å². The Kier molecular flexibility index (Phi) is 14.1. The standard InChI is InChI=1S/C8H10O6.3Na/c9-6(10)3-1-4(7(11)12)5(2-3)8(13)14;;;/h3-5H,1-2H2,(H,9,10)(H,11,12)(H,13,14);;;/q;3*+1/p-3. The Morgan fingerprint density at radius 1 is 0.706 bits per heavy atom. The molecule has 17 heavy (non-hydrogen) atoms. The molecule has 0 aromatic carbocycles. The number of carbonyl (C=O) groups is 3. The number of carbonyl (C=O) groups excluding carboxylic acids is 3. The molecule has 0 amide bonds. The van der Waals surface area contributed by atoms with E-state index in [0.29, 0.717) is 0 Å². The number of carboxylic acids is 3. The summed E-state index contributed by atoms with van der Waals surface area (Å²) in [6.07, 6.45) is -0.521. The van der Waals surface area contributed by atoms with Gasteiger partial charge in [-0.1, -0.05) is 0 Å². The second kappa shape index (κ2) is 10.2. The maximum absolute atomic E-state index is 10.5. The van der Waals surface area contributed by atoms with E-state index in [0.717, 1.165) is 0 Å². The molecule has 1 fully saturated rings. The summed E-state index contributed by atoms with van der Waals surface area (Å²) in [7, 11) is 0. The van der Waals surface area contributed by atoms with E-state index < -0.39 is 35.7 Å². The average Bonchev–Trinajstić information content (AvgIpc) is 2.47. The fourth-order valence-electron chi connectivity index (χ4n) is 1.75. The van der Waals surface area contributed by atoms with Gasteiger partial charge in [0.05, 0.1) is 0 Å². The topological polar surface area (TPSA) is 120 Å². The summed E-state index contributed by atoms with van der Waals surface area (Å²) in [6, 6.07) is 0. The average molecular weight is 268 g/mol. The summed E-state index contributed by atoms with van der Waals surface area (Å²) in [6.45, 7) is 0. The molecule has 1 aliphatic rings. The number of carboxylic acid groups (broad SMARTS) is 3. The Bertz CT molecular complexity index is 273. The largest absolute Gasteiger partial charge is 1.00 e. The van der Waals surface area contributed by atoms with Crippen molar-refractivity contribution in [2.75, 3.05) is 0 Å². The third-order valence-electron chi connectivity index (χ3n) is 2.50. The van der Waals surface area contributed by atoms with Gasteiger partial charge in [-0.05, 0) is 18.8 Å². The molecule has 9 heteroatoms. The first-order chi connectivity index (χ1) is 6.43. The second-order valence-electron chi connectivity index (χ2n) is 3.34. The van der Waals surface area contributed by atoms with Gasteiger partial charge in [0.1, 0.15) is 0 Å². The number of hydrogen-bond acceptors (Lipinski definition) is 6. The van der Waals surface area contributed by atoms with E-state index >= 15 is 0 Å². The van der Waals surface area contributed by atoms with Gasteiger partial charge in [-0.3, -0.25) is 0 Å². The van der Waals surface area contributed by atoms with Gasteiger partial charge in [-0.15, -0.1) is 0 Å². The SMILES string of the molecule is O=C([O-])C1CC(C(=O)[O-])C(C(=O)[O-])C1.[Na+].[Na+].[Na+]. The predicted molar refractivity (Wildman–Crippen MR) is 34.7 cm³/mol. The van der Waals surface area contributed by atoms with Gasteiger partial charge in [-0.25, -0.2) is 0 Å². The summed E-state index contributed by atoms with van der Waals surface area (Å²) < 4.78 is 0. The molecule has 0 heterocycles. The van der Waals surface area contributed by atoms with Crippen LogP contribution in [-0.4, -0.2) is 17.9 Å². The third-order valence-corrected chi connectivity index (χ3v) is 2.50. The molecule has 2 atom stereocenters. The van der Waals surface area contributed by atoms with E-state index in [4.69, 9.17) is 0 Å². The van der Waals surface area contributed by atoms with E-state index in [-0.39, 0.29) is 102 Å². The molecule has 1 rings (SSSR count). The van der Waals surface area contributed by atoms with Crippen LogP contribution < -0.4 is 104 Å². The van der Waals surface area contributed by atoms with Crippen molar-refractivity contribution < 1.29 is 118 Å². The van der Waals surface area contributed by atoms with Gasteiger partial charge in [-0.2, -0.15) is 0 Å². The Morgan fingerprint density at radius 3 is 1.18 bits per heavy atom. The molecule has 78 valence electrons. The van der Waals surface area contributed by atoms with Crippen molar-refractivity contribution in [3.63, 3.8) is 0 Å². The van der Waals surface area contributed by atoms with Gasteiger partial charge in [0.25, 0.3) is 0 Å². The Morgan fingerprint density at radius 2 is 1.00 bits per heavy atom. The molecule has 1 saturated carbocycles. The van der Waals surface area contributed by atoms with Crippen LogP contribution in [0.15, 0.2) is 0 Å². The van der Waals surface area contributed by atoms with Crippen LogP contribution in [0.3, 0.4) is 0 Å². The van der Waals surface area contributed by atoms with Crippen molar-refractivity contribution in [1.82, 2.24) is 0 Å². The van der Waals surface area contributed by atoms with Gasteiger partial charge >= 0.3 is 88.7 Å². The molecule has 0 aromatic rings. The van der Waals surface area contributed by atoms with Crippen LogP contribution in [-0.2, 0) is 14.4 Å². The molecular weight excluding hydrogens is 261 g/mol. The van der Waals surface area contributed by atoms with Crippen molar-refractivity contribution >= 4 is 17.9 Å². The number of rotatable bonds is 3. The molecular formula is C8H7Na3O6. The predicted octanol–water partition coefficient (Wildman–Crippen LogP) is -13.1. The third kappa shape index (κ3) is 6.40. The zero-order valence-electron chi connectivity index (χ0n) is 10.1. The van der Waals surface area contributed by atoms with Gasteiger partial charge in [0.2, 0.25) is 0 Å². The molecule has 0 N–H and O–H groups in total. The van der Waals surface area contributed by atoms with E-state index in [9.17, 15) is 29.7 Å². The zero-order chi connectivity index (χ0) is 10.9. The van der Waals surface area contributed by atoms with Crippen LogP contribution in [0.2, 0.25) is 0 Å². The van der Waals surface area contributed by atoms with E-state index in [1.54, 1.807) is 0 Å². The molecule has 0 bridgehead atoms. The minimum atomic E-state index is -1.55. The maximum atomic E-state index is 10.5.